The number of hydrogen-bond acceptors (Lipinski definition) is 5. The molecule has 0 aromatic carbocycles. The smallest absolute Gasteiger partial charge is 0.341 e. The average molecular weight is 252 g/mol. The van der Waals surface area contributed by atoms with E-state index in [1.165, 1.54) is 0 Å². The zero-order valence-electron chi connectivity index (χ0n) is 10.9. The molecular weight excluding hydrogens is 232 g/mol. The highest BCUT2D eigenvalue weighted by Gasteiger charge is 2.21. The number of hydrogen-bond donors (Lipinski definition) is 1. The maximum atomic E-state index is 11.7. The molecule has 0 aliphatic carbocycles. The summed E-state index contributed by atoms with van der Waals surface area (Å²) in [5, 5.41) is 3.39. The van der Waals surface area contributed by atoms with Gasteiger partial charge in [-0.2, -0.15) is 0 Å². The van der Waals surface area contributed by atoms with Crippen LogP contribution < -0.4 is 5.32 Å². The zero-order valence-corrected chi connectivity index (χ0v) is 10.9. The van der Waals surface area contributed by atoms with Crippen LogP contribution in [0.25, 0.3) is 0 Å². The molecule has 1 fully saturated rings. The lowest BCUT2D eigenvalue weighted by atomic mass is 10.2. The van der Waals surface area contributed by atoms with E-state index in [1.54, 1.807) is 19.3 Å². The Balaban J connectivity index is 2.00. The quantitative estimate of drug-likeness (QED) is 0.817. The molecule has 100 valence electrons. The number of furan rings is 1. The molecule has 0 unspecified atom stereocenters. The van der Waals surface area contributed by atoms with Crippen LogP contribution in [-0.2, 0) is 11.3 Å². The molecule has 0 radical (unpaired) electrons. The zero-order chi connectivity index (χ0) is 13.0. The van der Waals surface area contributed by atoms with Crippen molar-refractivity contribution in [3.63, 3.8) is 0 Å². The van der Waals surface area contributed by atoms with Gasteiger partial charge in [-0.3, -0.25) is 4.90 Å². The minimum atomic E-state index is -0.301. The van der Waals surface area contributed by atoms with Crippen molar-refractivity contribution >= 4 is 5.97 Å². The molecule has 1 aromatic rings. The Hall–Kier alpha value is -1.33. The normalized spacial score (nSPS) is 20.9. The summed E-state index contributed by atoms with van der Waals surface area (Å²) in [5.41, 5.74) is 0.544. The average Bonchev–Trinajstić information content (AvgIpc) is 2.77. The summed E-state index contributed by atoms with van der Waals surface area (Å²) in [7, 11) is 0. The standard InChI is InChI=1S/C13H20N2O3/c1-3-17-13(16)11-4-7-18-12(11)9-15-6-5-14-10(2)8-15/h4,7,10,14H,3,5-6,8-9H2,1-2H3/t10-/m0/s1. The highest BCUT2D eigenvalue weighted by Crippen LogP contribution is 2.15. The third-order valence-electron chi connectivity index (χ3n) is 3.06. The maximum Gasteiger partial charge on any atom is 0.341 e. The van der Waals surface area contributed by atoms with Crippen LogP contribution in [0.5, 0.6) is 0 Å². The number of carbonyl (C=O) groups excluding carboxylic acids is 1. The molecule has 1 aromatic heterocycles. The Morgan fingerprint density at radius 2 is 2.50 bits per heavy atom. The highest BCUT2D eigenvalue weighted by molar-refractivity contribution is 5.90. The minimum Gasteiger partial charge on any atom is -0.467 e. The van der Waals surface area contributed by atoms with Gasteiger partial charge in [0.15, 0.2) is 0 Å². The Bertz CT molecular complexity index is 403. The molecule has 1 saturated heterocycles. The SMILES string of the molecule is CCOC(=O)c1ccoc1CN1CCN[C@@H](C)C1. The van der Waals surface area contributed by atoms with Crippen molar-refractivity contribution in [3.05, 3.63) is 23.7 Å². The molecule has 5 heteroatoms. The van der Waals surface area contributed by atoms with Crippen molar-refractivity contribution in [2.75, 3.05) is 26.2 Å². The monoisotopic (exact) mass is 252 g/mol. The number of carbonyl (C=O) groups is 1. The number of nitrogens with zero attached hydrogens (tertiary/aromatic N) is 1. The van der Waals surface area contributed by atoms with E-state index in [0.29, 0.717) is 30.5 Å². The molecule has 0 bridgehead atoms. The topological polar surface area (TPSA) is 54.7 Å². The maximum absolute atomic E-state index is 11.7. The Morgan fingerprint density at radius 3 is 3.22 bits per heavy atom. The lowest BCUT2D eigenvalue weighted by Crippen LogP contribution is -2.48. The summed E-state index contributed by atoms with van der Waals surface area (Å²) in [6, 6.07) is 2.15. The number of esters is 1. The summed E-state index contributed by atoms with van der Waals surface area (Å²) in [6.45, 7) is 7.89. The van der Waals surface area contributed by atoms with Gasteiger partial charge in [-0.25, -0.2) is 4.79 Å². The van der Waals surface area contributed by atoms with Crippen LogP contribution >= 0.6 is 0 Å². The van der Waals surface area contributed by atoms with Crippen LogP contribution in [-0.4, -0.2) is 43.2 Å². The molecule has 2 rings (SSSR count). The van der Waals surface area contributed by atoms with Gasteiger partial charge in [-0.15, -0.1) is 0 Å². The predicted molar refractivity (Wildman–Crippen MR) is 67.4 cm³/mol. The fourth-order valence-electron chi connectivity index (χ4n) is 2.21. The van der Waals surface area contributed by atoms with Crippen LogP contribution in [0.1, 0.15) is 30.0 Å². The van der Waals surface area contributed by atoms with E-state index in [1.807, 2.05) is 0 Å². The van der Waals surface area contributed by atoms with E-state index in [2.05, 4.69) is 17.1 Å². The van der Waals surface area contributed by atoms with Gasteiger partial charge in [0.2, 0.25) is 0 Å². The number of nitrogens with one attached hydrogen (secondary N) is 1. The van der Waals surface area contributed by atoms with E-state index < -0.39 is 0 Å². The molecular formula is C13H20N2O3. The van der Waals surface area contributed by atoms with E-state index >= 15 is 0 Å². The van der Waals surface area contributed by atoms with Crippen molar-refractivity contribution in [1.82, 2.24) is 10.2 Å². The number of ether oxygens (including phenoxy) is 1. The van der Waals surface area contributed by atoms with E-state index in [-0.39, 0.29) is 5.97 Å². The fraction of sp³-hybridized carbons (Fsp3) is 0.615. The molecule has 0 saturated carbocycles. The molecule has 1 N–H and O–H groups in total. The molecule has 0 amide bonds. The highest BCUT2D eigenvalue weighted by atomic mass is 16.5. The Labute approximate surface area is 107 Å². The third kappa shape index (κ3) is 3.11. The van der Waals surface area contributed by atoms with Crippen LogP contribution in [0.3, 0.4) is 0 Å². The molecule has 1 aliphatic rings. The lowest BCUT2D eigenvalue weighted by Gasteiger charge is -2.31. The minimum absolute atomic E-state index is 0.301. The molecule has 0 spiro atoms. The van der Waals surface area contributed by atoms with Gasteiger partial charge in [0, 0.05) is 25.7 Å². The van der Waals surface area contributed by atoms with Crippen LogP contribution in [0.4, 0.5) is 0 Å². The van der Waals surface area contributed by atoms with Crippen molar-refractivity contribution in [2.45, 2.75) is 26.4 Å². The first kappa shape index (κ1) is 13.1. The summed E-state index contributed by atoms with van der Waals surface area (Å²) in [6.07, 6.45) is 1.55. The van der Waals surface area contributed by atoms with Gasteiger partial charge < -0.3 is 14.5 Å². The van der Waals surface area contributed by atoms with Crippen LogP contribution in [0, 0.1) is 0 Å². The Kier molecular flexibility index (Phi) is 4.38. The van der Waals surface area contributed by atoms with Gasteiger partial charge >= 0.3 is 5.97 Å². The second-order valence-corrected chi connectivity index (χ2v) is 4.57. The Morgan fingerprint density at radius 1 is 1.67 bits per heavy atom. The number of rotatable bonds is 4. The molecule has 18 heavy (non-hydrogen) atoms. The third-order valence-corrected chi connectivity index (χ3v) is 3.06. The second-order valence-electron chi connectivity index (χ2n) is 4.57. The molecule has 1 atom stereocenters. The molecule has 1 aliphatic heterocycles. The van der Waals surface area contributed by atoms with Gasteiger partial charge in [0.1, 0.15) is 11.3 Å². The van der Waals surface area contributed by atoms with E-state index in [4.69, 9.17) is 9.15 Å². The van der Waals surface area contributed by atoms with Gasteiger partial charge in [0.05, 0.1) is 19.4 Å². The predicted octanol–water partition coefficient (Wildman–Crippen LogP) is 1.25. The second kappa shape index (κ2) is 6.02. The van der Waals surface area contributed by atoms with E-state index in [9.17, 15) is 4.79 Å². The summed E-state index contributed by atoms with van der Waals surface area (Å²) in [5.74, 6) is 0.395. The van der Waals surface area contributed by atoms with Gasteiger partial charge in [0.25, 0.3) is 0 Å². The van der Waals surface area contributed by atoms with Crippen molar-refractivity contribution in [2.24, 2.45) is 0 Å². The first-order valence-corrected chi connectivity index (χ1v) is 6.40. The van der Waals surface area contributed by atoms with Crippen molar-refractivity contribution in [3.8, 4) is 0 Å². The largest absolute Gasteiger partial charge is 0.467 e. The fourth-order valence-corrected chi connectivity index (χ4v) is 2.21. The first-order valence-electron chi connectivity index (χ1n) is 6.40. The van der Waals surface area contributed by atoms with Crippen molar-refractivity contribution in [1.29, 1.82) is 0 Å². The van der Waals surface area contributed by atoms with Crippen LogP contribution in [0.2, 0.25) is 0 Å². The van der Waals surface area contributed by atoms with E-state index in [0.717, 1.165) is 19.6 Å². The van der Waals surface area contributed by atoms with Gasteiger partial charge in [-0.1, -0.05) is 0 Å². The first-order chi connectivity index (χ1) is 8.70. The van der Waals surface area contributed by atoms with Gasteiger partial charge in [-0.05, 0) is 19.9 Å². The summed E-state index contributed by atoms with van der Waals surface area (Å²) in [4.78, 5) is 14.0. The molecule has 2 heterocycles. The molecule has 5 nitrogen and oxygen atoms in total. The summed E-state index contributed by atoms with van der Waals surface area (Å²) < 4.78 is 10.4. The van der Waals surface area contributed by atoms with Crippen molar-refractivity contribution < 1.29 is 13.9 Å². The summed E-state index contributed by atoms with van der Waals surface area (Å²) >= 11 is 0. The lowest BCUT2D eigenvalue weighted by molar-refractivity contribution is 0.0521. The van der Waals surface area contributed by atoms with Crippen LogP contribution in [0.15, 0.2) is 16.7 Å². The number of piperazine rings is 1.